The minimum absolute atomic E-state index is 0.0796. The number of halogens is 1. The van der Waals surface area contributed by atoms with Crippen molar-refractivity contribution in [2.45, 2.75) is 17.7 Å². The molecule has 1 heterocycles. The van der Waals surface area contributed by atoms with Crippen LogP contribution in [0, 0.1) is 5.92 Å². The molecule has 0 saturated carbocycles. The highest BCUT2D eigenvalue weighted by atomic mass is 35.5. The van der Waals surface area contributed by atoms with Crippen molar-refractivity contribution in [3.63, 3.8) is 0 Å². The van der Waals surface area contributed by atoms with E-state index in [4.69, 9.17) is 16.7 Å². The van der Waals surface area contributed by atoms with Gasteiger partial charge in [-0.1, -0.05) is 11.6 Å². The number of aliphatic carboxylic acids is 1. The number of fused-ring (bicyclic) bond motifs is 1. The maximum Gasteiger partial charge on any atom is 0.304 e. The molecule has 0 bridgehead atoms. The highest BCUT2D eigenvalue weighted by Gasteiger charge is 2.27. The maximum absolute atomic E-state index is 12.2. The third kappa shape index (κ3) is 2.82. The van der Waals surface area contributed by atoms with Gasteiger partial charge in [0.25, 0.3) is 0 Å². The first kappa shape index (κ1) is 12.5. The molecule has 1 N–H and O–H groups in total. The van der Waals surface area contributed by atoms with Gasteiger partial charge in [0, 0.05) is 21.4 Å². The predicted molar refractivity (Wildman–Crippen MR) is 66.9 cm³/mol. The monoisotopic (exact) mass is 270 g/mol. The van der Waals surface area contributed by atoms with Crippen LogP contribution in [0.5, 0.6) is 0 Å². The number of carboxylic acids is 1. The zero-order valence-electron chi connectivity index (χ0n) is 8.98. The van der Waals surface area contributed by atoms with Crippen LogP contribution < -0.4 is 0 Å². The van der Waals surface area contributed by atoms with E-state index in [0.717, 1.165) is 10.6 Å². The van der Waals surface area contributed by atoms with Crippen LogP contribution in [0.15, 0.2) is 23.1 Å². The average Bonchev–Trinajstić information content (AvgIpc) is 2.39. The second-order valence-corrected chi connectivity index (χ2v) is 5.51. The molecule has 0 amide bonds. The van der Waals surface area contributed by atoms with Crippen LogP contribution in [0.4, 0.5) is 0 Å². The highest BCUT2D eigenvalue weighted by molar-refractivity contribution is 7.99. The zero-order chi connectivity index (χ0) is 12.4. The molecule has 0 radical (unpaired) electrons. The summed E-state index contributed by atoms with van der Waals surface area (Å²) in [5, 5.41) is 9.39. The standard InChI is InChI=1S/C12H11ClO3S/c13-8-1-2-9-10(6-8)17-4-3-7(12(9)16)5-11(14)15/h1-2,6-7H,3-5H2,(H,14,15). The normalized spacial score (nSPS) is 19.6. The Morgan fingerprint density at radius 2 is 2.29 bits per heavy atom. The largest absolute Gasteiger partial charge is 0.481 e. The van der Waals surface area contributed by atoms with Crippen molar-refractivity contribution in [2.75, 3.05) is 5.75 Å². The van der Waals surface area contributed by atoms with Crippen molar-refractivity contribution in [1.82, 2.24) is 0 Å². The molecule has 1 unspecified atom stereocenters. The maximum atomic E-state index is 12.2. The van der Waals surface area contributed by atoms with Crippen LogP contribution in [0.25, 0.3) is 0 Å². The first-order valence-corrected chi connectivity index (χ1v) is 6.62. The Balaban J connectivity index is 2.33. The Labute approximate surface area is 108 Å². The molecule has 0 spiro atoms. The van der Waals surface area contributed by atoms with Crippen LogP contribution in [0.2, 0.25) is 5.02 Å². The Bertz CT molecular complexity index is 473. The van der Waals surface area contributed by atoms with Crippen LogP contribution in [-0.2, 0) is 4.79 Å². The van der Waals surface area contributed by atoms with Crippen molar-refractivity contribution < 1.29 is 14.7 Å². The molecule has 5 heteroatoms. The number of carbonyl (C=O) groups is 2. The van der Waals surface area contributed by atoms with Gasteiger partial charge in [-0.2, -0.15) is 0 Å². The summed E-state index contributed by atoms with van der Waals surface area (Å²) in [5.74, 6) is -0.672. The Hall–Kier alpha value is -1.00. The lowest BCUT2D eigenvalue weighted by Crippen LogP contribution is -2.18. The topological polar surface area (TPSA) is 54.4 Å². The van der Waals surface area contributed by atoms with Crippen LogP contribution in [0.1, 0.15) is 23.2 Å². The van der Waals surface area contributed by atoms with Gasteiger partial charge in [-0.05, 0) is 30.4 Å². The van der Waals surface area contributed by atoms with E-state index in [9.17, 15) is 9.59 Å². The molecule has 2 rings (SSSR count). The first-order valence-electron chi connectivity index (χ1n) is 5.26. The average molecular weight is 271 g/mol. The fraction of sp³-hybridized carbons (Fsp3) is 0.333. The summed E-state index contributed by atoms with van der Waals surface area (Å²) >= 11 is 7.44. The highest BCUT2D eigenvalue weighted by Crippen LogP contribution is 2.34. The fourth-order valence-corrected chi connectivity index (χ4v) is 3.28. The van der Waals surface area contributed by atoms with Crippen molar-refractivity contribution in [3.8, 4) is 0 Å². The smallest absolute Gasteiger partial charge is 0.304 e. The van der Waals surface area contributed by atoms with Crippen LogP contribution in [-0.4, -0.2) is 22.6 Å². The third-order valence-electron chi connectivity index (χ3n) is 2.72. The third-order valence-corrected chi connectivity index (χ3v) is 4.05. The van der Waals surface area contributed by atoms with Crippen LogP contribution in [0.3, 0.4) is 0 Å². The Morgan fingerprint density at radius 3 is 3.00 bits per heavy atom. The second kappa shape index (κ2) is 5.10. The lowest BCUT2D eigenvalue weighted by Gasteiger charge is -2.10. The number of carboxylic acid groups (broad SMARTS) is 1. The summed E-state index contributed by atoms with van der Waals surface area (Å²) in [5.41, 5.74) is 0.600. The SMILES string of the molecule is O=C(O)CC1CCSc2cc(Cl)ccc2C1=O. The van der Waals surface area contributed by atoms with Crippen LogP contribution >= 0.6 is 23.4 Å². The van der Waals surface area contributed by atoms with Gasteiger partial charge in [-0.15, -0.1) is 11.8 Å². The zero-order valence-corrected chi connectivity index (χ0v) is 10.6. The van der Waals surface area contributed by atoms with Crippen molar-refractivity contribution in [3.05, 3.63) is 28.8 Å². The van der Waals surface area contributed by atoms with Gasteiger partial charge < -0.3 is 5.11 Å². The van der Waals surface area contributed by atoms with Gasteiger partial charge in [-0.25, -0.2) is 0 Å². The lowest BCUT2D eigenvalue weighted by atomic mass is 9.92. The van der Waals surface area contributed by atoms with Gasteiger partial charge in [0.05, 0.1) is 6.42 Å². The molecular formula is C12H11ClO3S. The molecule has 17 heavy (non-hydrogen) atoms. The number of Topliss-reactive ketones (excluding diaryl/α,β-unsaturated/α-hetero) is 1. The molecule has 1 aromatic carbocycles. The van der Waals surface area contributed by atoms with Gasteiger partial charge >= 0.3 is 5.97 Å². The first-order chi connectivity index (χ1) is 8.08. The quantitative estimate of drug-likeness (QED) is 0.897. The fourth-order valence-electron chi connectivity index (χ4n) is 1.89. The number of thioether (sulfide) groups is 1. The Kier molecular flexibility index (Phi) is 3.74. The van der Waals surface area contributed by atoms with E-state index in [-0.39, 0.29) is 12.2 Å². The second-order valence-electron chi connectivity index (χ2n) is 3.94. The molecule has 0 aliphatic carbocycles. The molecule has 1 atom stereocenters. The number of benzene rings is 1. The van der Waals surface area contributed by atoms with E-state index >= 15 is 0 Å². The van der Waals surface area contributed by atoms with E-state index in [2.05, 4.69) is 0 Å². The minimum Gasteiger partial charge on any atom is -0.481 e. The van der Waals surface area contributed by atoms with E-state index in [1.54, 1.807) is 30.0 Å². The van der Waals surface area contributed by atoms with Gasteiger partial charge in [0.15, 0.2) is 5.78 Å². The summed E-state index contributed by atoms with van der Waals surface area (Å²) in [6, 6.07) is 5.12. The summed E-state index contributed by atoms with van der Waals surface area (Å²) in [6.45, 7) is 0. The summed E-state index contributed by atoms with van der Waals surface area (Å²) < 4.78 is 0. The lowest BCUT2D eigenvalue weighted by molar-refractivity contribution is -0.137. The number of hydrogen-bond donors (Lipinski definition) is 1. The minimum atomic E-state index is -0.925. The molecule has 1 aliphatic heterocycles. The number of hydrogen-bond acceptors (Lipinski definition) is 3. The van der Waals surface area contributed by atoms with Gasteiger partial charge in [0.2, 0.25) is 0 Å². The molecule has 0 saturated heterocycles. The molecular weight excluding hydrogens is 260 g/mol. The Morgan fingerprint density at radius 1 is 1.53 bits per heavy atom. The predicted octanol–water partition coefficient (Wildman–Crippen LogP) is 3.11. The molecule has 1 aliphatic rings. The van der Waals surface area contributed by atoms with Crippen molar-refractivity contribution in [1.29, 1.82) is 0 Å². The van der Waals surface area contributed by atoms with E-state index in [1.807, 2.05) is 0 Å². The number of carbonyl (C=O) groups excluding carboxylic acids is 1. The summed E-state index contributed by atoms with van der Waals surface area (Å²) in [6.07, 6.45) is 0.504. The van der Waals surface area contributed by atoms with Crippen molar-refractivity contribution in [2.24, 2.45) is 5.92 Å². The molecule has 3 nitrogen and oxygen atoms in total. The molecule has 90 valence electrons. The van der Waals surface area contributed by atoms with E-state index in [0.29, 0.717) is 17.0 Å². The van der Waals surface area contributed by atoms with E-state index in [1.165, 1.54) is 0 Å². The summed E-state index contributed by atoms with van der Waals surface area (Å²) in [7, 11) is 0. The van der Waals surface area contributed by atoms with Gasteiger partial charge in [0.1, 0.15) is 0 Å². The van der Waals surface area contributed by atoms with E-state index < -0.39 is 11.9 Å². The summed E-state index contributed by atoms with van der Waals surface area (Å²) in [4.78, 5) is 23.7. The number of ketones is 1. The molecule has 0 fully saturated rings. The van der Waals surface area contributed by atoms with Crippen molar-refractivity contribution >= 4 is 35.1 Å². The van der Waals surface area contributed by atoms with Gasteiger partial charge in [-0.3, -0.25) is 9.59 Å². The number of rotatable bonds is 2. The molecule has 1 aromatic rings. The molecule has 0 aromatic heterocycles.